The van der Waals surface area contributed by atoms with Gasteiger partial charge in [0.15, 0.2) is 14.6 Å². The zero-order chi connectivity index (χ0) is 20.4. The van der Waals surface area contributed by atoms with Crippen molar-refractivity contribution in [3.05, 3.63) is 53.6 Å². The minimum atomic E-state index is -3.85. The summed E-state index contributed by atoms with van der Waals surface area (Å²) in [7, 11) is -3.85. The first kappa shape index (κ1) is 20.4. The van der Waals surface area contributed by atoms with Crippen molar-refractivity contribution >= 4 is 21.4 Å². The number of amides is 1. The summed E-state index contributed by atoms with van der Waals surface area (Å²) < 4.78 is 31.5. The number of rotatable bonds is 6. The van der Waals surface area contributed by atoms with Gasteiger partial charge < -0.3 is 10.1 Å². The first-order valence-electron chi connectivity index (χ1n) is 9.67. The molecule has 2 aromatic carbocycles. The summed E-state index contributed by atoms with van der Waals surface area (Å²) in [5, 5.41) is 2.84. The molecule has 0 aliphatic heterocycles. The number of carbonyl (C=O) groups excluding carboxylic acids is 1. The predicted octanol–water partition coefficient (Wildman–Crippen LogP) is 4.43. The van der Waals surface area contributed by atoms with Gasteiger partial charge in [-0.05, 0) is 62.9 Å². The Hall–Kier alpha value is -2.34. The van der Waals surface area contributed by atoms with Crippen molar-refractivity contribution in [1.29, 1.82) is 0 Å². The van der Waals surface area contributed by atoms with Gasteiger partial charge in [-0.3, -0.25) is 4.79 Å². The molecule has 1 amide bonds. The van der Waals surface area contributed by atoms with Crippen molar-refractivity contribution in [3.63, 3.8) is 0 Å². The Morgan fingerprint density at radius 1 is 1.11 bits per heavy atom. The molecule has 150 valence electrons. The van der Waals surface area contributed by atoms with E-state index in [1.165, 1.54) is 0 Å². The molecule has 1 N–H and O–H groups in total. The molecule has 5 nitrogen and oxygen atoms in total. The SMILES string of the molecule is CCOc1ccccc1NC(=O)C1(S(=O)(=O)c2cc(C)ccc2C)CCCC1. The topological polar surface area (TPSA) is 72.5 Å². The molecule has 0 heterocycles. The molecule has 0 bridgehead atoms. The highest BCUT2D eigenvalue weighted by Gasteiger charge is 2.53. The minimum Gasteiger partial charge on any atom is -0.492 e. The molecule has 1 aliphatic carbocycles. The lowest BCUT2D eigenvalue weighted by Gasteiger charge is -2.29. The molecule has 0 spiro atoms. The molecule has 0 saturated heterocycles. The van der Waals surface area contributed by atoms with E-state index in [1.54, 1.807) is 37.3 Å². The molecule has 1 saturated carbocycles. The van der Waals surface area contributed by atoms with Gasteiger partial charge in [0.25, 0.3) is 0 Å². The van der Waals surface area contributed by atoms with Crippen LogP contribution in [0.4, 0.5) is 5.69 Å². The lowest BCUT2D eigenvalue weighted by atomic mass is 10.1. The number of anilines is 1. The Kier molecular flexibility index (Phi) is 5.79. The lowest BCUT2D eigenvalue weighted by molar-refractivity contribution is -0.118. The molecule has 0 unspecified atom stereocenters. The van der Waals surface area contributed by atoms with Gasteiger partial charge in [-0.2, -0.15) is 0 Å². The Morgan fingerprint density at radius 3 is 2.46 bits per heavy atom. The van der Waals surface area contributed by atoms with Gasteiger partial charge in [-0.25, -0.2) is 8.42 Å². The average molecular weight is 402 g/mol. The van der Waals surface area contributed by atoms with E-state index < -0.39 is 20.5 Å². The zero-order valence-corrected chi connectivity index (χ0v) is 17.4. The number of carbonyl (C=O) groups is 1. The maximum atomic E-state index is 13.7. The van der Waals surface area contributed by atoms with E-state index in [9.17, 15) is 13.2 Å². The van der Waals surface area contributed by atoms with Crippen LogP contribution in [0.1, 0.15) is 43.7 Å². The van der Waals surface area contributed by atoms with Crippen LogP contribution < -0.4 is 10.1 Å². The molecule has 6 heteroatoms. The van der Waals surface area contributed by atoms with Crippen molar-refractivity contribution in [2.45, 2.75) is 56.1 Å². The molecule has 0 atom stereocenters. The summed E-state index contributed by atoms with van der Waals surface area (Å²) in [6, 6.07) is 12.5. The number of ether oxygens (including phenoxy) is 1. The Bertz CT molecular complexity index is 976. The maximum absolute atomic E-state index is 13.7. The van der Waals surface area contributed by atoms with Crippen LogP contribution in [-0.2, 0) is 14.6 Å². The average Bonchev–Trinajstić information content (AvgIpc) is 3.17. The summed E-state index contributed by atoms with van der Waals surface area (Å²) >= 11 is 0. The van der Waals surface area contributed by atoms with Crippen LogP contribution >= 0.6 is 0 Å². The van der Waals surface area contributed by atoms with Gasteiger partial charge in [0.05, 0.1) is 17.2 Å². The van der Waals surface area contributed by atoms with E-state index >= 15 is 0 Å². The van der Waals surface area contributed by atoms with Gasteiger partial charge in [0.2, 0.25) is 5.91 Å². The van der Waals surface area contributed by atoms with Crippen molar-refractivity contribution in [1.82, 2.24) is 0 Å². The van der Waals surface area contributed by atoms with E-state index in [-0.39, 0.29) is 4.90 Å². The fraction of sp³-hybridized carbons (Fsp3) is 0.409. The molecule has 2 aromatic rings. The monoisotopic (exact) mass is 401 g/mol. The van der Waals surface area contributed by atoms with E-state index in [0.29, 0.717) is 49.3 Å². The van der Waals surface area contributed by atoms with Crippen molar-refractivity contribution in [2.75, 3.05) is 11.9 Å². The second-order valence-corrected chi connectivity index (χ2v) is 9.59. The lowest BCUT2D eigenvalue weighted by Crippen LogP contribution is -2.47. The first-order chi connectivity index (χ1) is 13.3. The van der Waals surface area contributed by atoms with Crippen LogP contribution in [0.15, 0.2) is 47.4 Å². The van der Waals surface area contributed by atoms with Crippen LogP contribution in [-0.4, -0.2) is 25.7 Å². The van der Waals surface area contributed by atoms with Crippen molar-refractivity contribution < 1.29 is 17.9 Å². The molecule has 1 aliphatic rings. The van der Waals surface area contributed by atoms with Gasteiger partial charge in [0.1, 0.15) is 5.75 Å². The molecular weight excluding hydrogens is 374 g/mol. The largest absolute Gasteiger partial charge is 0.492 e. The number of para-hydroxylation sites is 2. The summed E-state index contributed by atoms with van der Waals surface area (Å²) in [4.78, 5) is 13.6. The molecule has 0 radical (unpaired) electrons. The number of sulfone groups is 1. The van der Waals surface area contributed by atoms with Crippen LogP contribution in [0.25, 0.3) is 0 Å². The Balaban J connectivity index is 2.03. The highest BCUT2D eigenvalue weighted by atomic mass is 32.2. The van der Waals surface area contributed by atoms with E-state index in [1.807, 2.05) is 26.0 Å². The fourth-order valence-electron chi connectivity index (χ4n) is 3.86. The van der Waals surface area contributed by atoms with E-state index in [2.05, 4.69) is 5.32 Å². The number of hydrogen-bond acceptors (Lipinski definition) is 4. The quantitative estimate of drug-likeness (QED) is 0.777. The van der Waals surface area contributed by atoms with E-state index in [0.717, 1.165) is 5.56 Å². The molecule has 0 aromatic heterocycles. The number of aryl methyl sites for hydroxylation is 2. The smallest absolute Gasteiger partial charge is 0.246 e. The second kappa shape index (κ2) is 7.95. The summed E-state index contributed by atoms with van der Waals surface area (Å²) in [6.07, 6.45) is 2.08. The third-order valence-corrected chi connectivity index (χ3v) is 8.05. The van der Waals surface area contributed by atoms with Crippen LogP contribution in [0.3, 0.4) is 0 Å². The summed E-state index contributed by atoms with van der Waals surface area (Å²) in [5.41, 5.74) is 2.02. The molecular formula is C22H27NO4S. The highest BCUT2D eigenvalue weighted by Crippen LogP contribution is 2.43. The maximum Gasteiger partial charge on any atom is 0.246 e. The third-order valence-electron chi connectivity index (χ3n) is 5.41. The number of nitrogens with one attached hydrogen (secondary N) is 1. The zero-order valence-electron chi connectivity index (χ0n) is 16.6. The van der Waals surface area contributed by atoms with Gasteiger partial charge >= 0.3 is 0 Å². The first-order valence-corrected chi connectivity index (χ1v) is 11.2. The van der Waals surface area contributed by atoms with Crippen LogP contribution in [0.5, 0.6) is 5.75 Å². The standard InChI is InChI=1S/C22H27NO4S/c1-4-27-19-10-6-5-9-18(19)23-21(24)22(13-7-8-14-22)28(25,26)20-15-16(2)11-12-17(20)3/h5-6,9-12,15H,4,7-8,13-14H2,1-3H3,(H,23,24). The minimum absolute atomic E-state index is 0.252. The molecule has 1 fully saturated rings. The van der Waals surface area contributed by atoms with Crippen LogP contribution in [0, 0.1) is 13.8 Å². The highest BCUT2D eigenvalue weighted by molar-refractivity contribution is 7.93. The molecule has 28 heavy (non-hydrogen) atoms. The van der Waals surface area contributed by atoms with Crippen LogP contribution in [0.2, 0.25) is 0 Å². The molecule has 3 rings (SSSR count). The number of benzene rings is 2. The van der Waals surface area contributed by atoms with E-state index in [4.69, 9.17) is 4.74 Å². The number of hydrogen-bond donors (Lipinski definition) is 1. The summed E-state index contributed by atoms with van der Waals surface area (Å²) in [5.74, 6) is 0.0636. The Labute approximate surface area is 167 Å². The van der Waals surface area contributed by atoms with Crippen molar-refractivity contribution in [3.8, 4) is 5.75 Å². The van der Waals surface area contributed by atoms with Crippen molar-refractivity contribution in [2.24, 2.45) is 0 Å². The fourth-order valence-corrected chi connectivity index (χ4v) is 6.23. The second-order valence-electron chi connectivity index (χ2n) is 7.36. The normalized spacial score (nSPS) is 16.0. The third kappa shape index (κ3) is 3.53. The summed E-state index contributed by atoms with van der Waals surface area (Å²) in [6.45, 7) is 5.95. The van der Waals surface area contributed by atoms with Gasteiger partial charge in [-0.1, -0.05) is 37.1 Å². The Morgan fingerprint density at radius 2 is 1.79 bits per heavy atom. The van der Waals surface area contributed by atoms with Gasteiger partial charge in [0, 0.05) is 0 Å². The van der Waals surface area contributed by atoms with Gasteiger partial charge in [-0.15, -0.1) is 0 Å². The predicted molar refractivity (Wildman–Crippen MR) is 111 cm³/mol.